The fourth-order valence-electron chi connectivity index (χ4n) is 4.13. The third-order valence-electron chi connectivity index (χ3n) is 5.81. The van der Waals surface area contributed by atoms with Gasteiger partial charge in [-0.05, 0) is 25.5 Å². The molecular weight excluding hydrogens is 455 g/mol. The SMILES string of the molecule is Cc1cccc(COC2CCOC3(C2)CN(C(=O)C2CC(F)(F)C2)C3)n1.O=C(O)C(F)(F)F. The number of carboxylic acid groups (broad SMARTS) is 1. The molecule has 1 spiro atoms. The zero-order chi connectivity index (χ0) is 24.4. The maximum atomic E-state index is 13.0. The molecule has 3 fully saturated rings. The Morgan fingerprint density at radius 1 is 1.24 bits per heavy atom. The molecule has 0 aromatic carbocycles. The highest BCUT2D eigenvalue weighted by atomic mass is 19.4. The van der Waals surface area contributed by atoms with Crippen molar-refractivity contribution in [2.24, 2.45) is 5.92 Å². The van der Waals surface area contributed by atoms with Crippen LogP contribution in [0, 0.1) is 12.8 Å². The molecule has 1 unspecified atom stereocenters. The van der Waals surface area contributed by atoms with Crippen molar-refractivity contribution in [3.8, 4) is 0 Å². The van der Waals surface area contributed by atoms with Crippen LogP contribution in [-0.2, 0) is 25.7 Å². The summed E-state index contributed by atoms with van der Waals surface area (Å²) in [4.78, 5) is 27.2. The third-order valence-corrected chi connectivity index (χ3v) is 5.81. The summed E-state index contributed by atoms with van der Waals surface area (Å²) in [7, 11) is 0. The van der Waals surface area contributed by atoms with Crippen LogP contribution in [0.15, 0.2) is 18.2 Å². The molecule has 2 aliphatic heterocycles. The van der Waals surface area contributed by atoms with Crippen molar-refractivity contribution in [2.75, 3.05) is 19.7 Å². The van der Waals surface area contributed by atoms with Crippen molar-refractivity contribution >= 4 is 11.9 Å². The Morgan fingerprint density at radius 2 is 1.88 bits per heavy atom. The molecule has 12 heteroatoms. The smallest absolute Gasteiger partial charge is 0.475 e. The van der Waals surface area contributed by atoms with Crippen molar-refractivity contribution in [1.82, 2.24) is 9.88 Å². The van der Waals surface area contributed by atoms with Gasteiger partial charge in [-0.3, -0.25) is 9.78 Å². The van der Waals surface area contributed by atoms with Gasteiger partial charge in [-0.25, -0.2) is 13.6 Å². The molecule has 2 saturated heterocycles. The molecule has 1 N–H and O–H groups in total. The predicted octanol–water partition coefficient (Wildman–Crippen LogP) is 3.35. The van der Waals surface area contributed by atoms with Crippen LogP contribution in [0.1, 0.15) is 37.1 Å². The summed E-state index contributed by atoms with van der Waals surface area (Å²) < 4.78 is 69.6. The van der Waals surface area contributed by atoms with Gasteiger partial charge in [0.2, 0.25) is 11.8 Å². The number of halogens is 5. The average molecular weight is 480 g/mol. The largest absolute Gasteiger partial charge is 0.490 e. The van der Waals surface area contributed by atoms with E-state index in [9.17, 15) is 26.7 Å². The van der Waals surface area contributed by atoms with Gasteiger partial charge in [0, 0.05) is 37.5 Å². The number of nitrogens with zero attached hydrogens (tertiary/aromatic N) is 2. The molecule has 3 aliphatic rings. The van der Waals surface area contributed by atoms with Crippen LogP contribution in [-0.4, -0.2) is 70.4 Å². The zero-order valence-electron chi connectivity index (χ0n) is 17.9. The van der Waals surface area contributed by atoms with Gasteiger partial charge in [-0.15, -0.1) is 0 Å². The second-order valence-corrected chi connectivity index (χ2v) is 8.69. The van der Waals surface area contributed by atoms with Gasteiger partial charge >= 0.3 is 12.1 Å². The highest BCUT2D eigenvalue weighted by Gasteiger charge is 2.55. The lowest BCUT2D eigenvalue weighted by Crippen LogP contribution is -2.68. The molecule has 1 amide bonds. The first kappa shape index (κ1) is 25.3. The van der Waals surface area contributed by atoms with Crippen LogP contribution >= 0.6 is 0 Å². The number of hydrogen-bond donors (Lipinski definition) is 1. The number of alkyl halides is 5. The van der Waals surface area contributed by atoms with Gasteiger partial charge in [0.25, 0.3) is 0 Å². The monoisotopic (exact) mass is 480 g/mol. The van der Waals surface area contributed by atoms with Crippen LogP contribution in [0.5, 0.6) is 0 Å². The van der Waals surface area contributed by atoms with E-state index in [0.717, 1.165) is 24.2 Å². The summed E-state index contributed by atoms with van der Waals surface area (Å²) >= 11 is 0. The predicted molar refractivity (Wildman–Crippen MR) is 103 cm³/mol. The lowest BCUT2D eigenvalue weighted by atomic mass is 9.77. The summed E-state index contributed by atoms with van der Waals surface area (Å²) in [5, 5.41) is 7.12. The van der Waals surface area contributed by atoms with Crippen molar-refractivity contribution in [3.63, 3.8) is 0 Å². The Kier molecular flexibility index (Phi) is 7.27. The Balaban J connectivity index is 0.000000383. The molecule has 7 nitrogen and oxygen atoms in total. The number of carbonyl (C=O) groups is 2. The van der Waals surface area contributed by atoms with E-state index in [1.807, 2.05) is 25.1 Å². The molecule has 184 valence electrons. The Morgan fingerprint density at radius 3 is 2.42 bits per heavy atom. The minimum atomic E-state index is -5.08. The minimum absolute atomic E-state index is 0.0661. The highest BCUT2D eigenvalue weighted by Crippen LogP contribution is 2.45. The van der Waals surface area contributed by atoms with Crippen molar-refractivity contribution < 1.29 is 46.1 Å². The number of aliphatic carboxylic acids is 1. The van der Waals surface area contributed by atoms with Crippen molar-refractivity contribution in [3.05, 3.63) is 29.6 Å². The van der Waals surface area contributed by atoms with E-state index in [1.165, 1.54) is 0 Å². The molecule has 1 aromatic heterocycles. The summed E-state index contributed by atoms with van der Waals surface area (Å²) in [6, 6.07) is 5.86. The number of ether oxygens (including phenoxy) is 2. The molecule has 0 bridgehead atoms. The molecule has 4 rings (SSSR count). The summed E-state index contributed by atoms with van der Waals surface area (Å²) in [6.45, 7) is 3.97. The van der Waals surface area contributed by atoms with E-state index >= 15 is 0 Å². The maximum Gasteiger partial charge on any atom is 0.490 e. The number of pyridine rings is 1. The second kappa shape index (κ2) is 9.49. The van der Waals surface area contributed by atoms with Crippen LogP contribution in [0.4, 0.5) is 22.0 Å². The number of rotatable bonds is 4. The van der Waals surface area contributed by atoms with E-state index in [-0.39, 0.29) is 30.5 Å². The number of hydrogen-bond acceptors (Lipinski definition) is 5. The molecule has 1 aromatic rings. The maximum absolute atomic E-state index is 13.0. The standard InChI is InChI=1S/C19H24F2N2O3.C2HF3O2/c1-13-3-2-4-15(22-13)10-25-16-5-6-26-18(9-16)11-23(12-18)17(24)14-7-19(20,21)8-14;3-2(4,5)1(6)7/h2-4,14,16H,5-12H2,1H3;(H,6,7). The van der Waals surface area contributed by atoms with Crippen molar-refractivity contribution in [1.29, 1.82) is 0 Å². The topological polar surface area (TPSA) is 89.0 Å². The van der Waals surface area contributed by atoms with E-state index in [1.54, 1.807) is 4.90 Å². The van der Waals surface area contributed by atoms with E-state index in [2.05, 4.69) is 4.98 Å². The molecule has 1 aliphatic carbocycles. The number of amides is 1. The van der Waals surface area contributed by atoms with Gasteiger partial charge < -0.3 is 19.5 Å². The molecule has 0 radical (unpaired) electrons. The fourth-order valence-corrected chi connectivity index (χ4v) is 4.13. The zero-order valence-corrected chi connectivity index (χ0v) is 17.9. The van der Waals surface area contributed by atoms with Gasteiger partial charge in [-0.1, -0.05) is 6.07 Å². The average Bonchev–Trinajstić information content (AvgIpc) is 2.68. The number of likely N-dealkylation sites (tertiary alicyclic amines) is 1. The van der Waals surface area contributed by atoms with Crippen LogP contribution in [0.2, 0.25) is 0 Å². The number of carbonyl (C=O) groups excluding carboxylic acids is 1. The van der Waals surface area contributed by atoms with Gasteiger partial charge in [0.15, 0.2) is 0 Å². The molecule has 1 atom stereocenters. The van der Waals surface area contributed by atoms with E-state index < -0.39 is 24.0 Å². The van der Waals surface area contributed by atoms with Crippen LogP contribution < -0.4 is 0 Å². The first-order valence-electron chi connectivity index (χ1n) is 10.4. The Labute approximate surface area is 186 Å². The summed E-state index contributed by atoms with van der Waals surface area (Å²) in [6.07, 6.45) is -4.10. The first-order valence-corrected chi connectivity index (χ1v) is 10.4. The van der Waals surface area contributed by atoms with E-state index in [0.29, 0.717) is 26.3 Å². The van der Waals surface area contributed by atoms with Crippen LogP contribution in [0.3, 0.4) is 0 Å². The van der Waals surface area contributed by atoms with Crippen molar-refractivity contribution in [2.45, 2.75) is 63.0 Å². The normalized spacial score (nSPS) is 23.7. The molecule has 1 saturated carbocycles. The van der Waals surface area contributed by atoms with E-state index in [4.69, 9.17) is 19.4 Å². The number of carboxylic acids is 1. The molecular formula is C21H25F5N2O5. The van der Waals surface area contributed by atoms with Gasteiger partial charge in [0.1, 0.15) is 5.60 Å². The Hall–Kier alpha value is -2.34. The van der Waals surface area contributed by atoms with Gasteiger partial charge in [-0.2, -0.15) is 13.2 Å². The fraction of sp³-hybridized carbons (Fsp3) is 0.667. The molecule has 33 heavy (non-hydrogen) atoms. The highest BCUT2D eigenvalue weighted by molar-refractivity contribution is 5.81. The Bertz CT molecular complexity index is 865. The number of aromatic nitrogens is 1. The quantitative estimate of drug-likeness (QED) is 0.665. The number of aryl methyl sites for hydroxylation is 1. The lowest BCUT2D eigenvalue weighted by Gasteiger charge is -2.54. The van der Waals surface area contributed by atoms with Crippen LogP contribution in [0.25, 0.3) is 0 Å². The summed E-state index contributed by atoms with van der Waals surface area (Å²) in [5.41, 5.74) is 1.50. The first-order chi connectivity index (χ1) is 15.3. The minimum Gasteiger partial charge on any atom is -0.475 e. The second-order valence-electron chi connectivity index (χ2n) is 8.69. The van der Waals surface area contributed by atoms with Gasteiger partial charge in [0.05, 0.1) is 31.5 Å². The third kappa shape index (κ3) is 6.59. The molecule has 3 heterocycles. The lowest BCUT2D eigenvalue weighted by molar-refractivity contribution is -0.211. The summed E-state index contributed by atoms with van der Waals surface area (Å²) in [5.74, 6) is -6.09.